The molecule has 2 rings (SSSR count). The van der Waals surface area contributed by atoms with Crippen LogP contribution in [-0.2, 0) is 4.79 Å². The molecule has 2 unspecified atom stereocenters. The van der Waals surface area contributed by atoms with Crippen molar-refractivity contribution < 1.29 is 4.79 Å². The number of nitrogens with one attached hydrogen (secondary N) is 1. The van der Waals surface area contributed by atoms with Crippen molar-refractivity contribution in [2.45, 2.75) is 45.4 Å². The van der Waals surface area contributed by atoms with Crippen LogP contribution in [0.4, 0.5) is 0 Å². The molecule has 1 aliphatic carbocycles. The fraction of sp³-hybridized carbons (Fsp3) is 0.938. The van der Waals surface area contributed by atoms with E-state index in [0.717, 1.165) is 38.9 Å². The van der Waals surface area contributed by atoms with Gasteiger partial charge in [0.25, 0.3) is 0 Å². The van der Waals surface area contributed by atoms with E-state index in [2.05, 4.69) is 17.1 Å². The Labute approximate surface area is 123 Å². The molecule has 1 amide bonds. The van der Waals surface area contributed by atoms with Gasteiger partial charge in [0.05, 0.1) is 0 Å². The molecular weight excluding hydrogens is 250 g/mol. The van der Waals surface area contributed by atoms with Gasteiger partial charge in [0.15, 0.2) is 0 Å². The fourth-order valence-corrected chi connectivity index (χ4v) is 3.64. The topological polar surface area (TPSA) is 58.4 Å². The zero-order valence-electron chi connectivity index (χ0n) is 12.9. The van der Waals surface area contributed by atoms with E-state index >= 15 is 0 Å². The molecule has 4 nitrogen and oxygen atoms in total. The highest BCUT2D eigenvalue weighted by Gasteiger charge is 2.27. The van der Waals surface area contributed by atoms with Crippen molar-refractivity contribution in [3.63, 3.8) is 0 Å². The summed E-state index contributed by atoms with van der Waals surface area (Å²) in [5, 5.41) is 3.20. The first-order valence-corrected chi connectivity index (χ1v) is 8.43. The molecule has 20 heavy (non-hydrogen) atoms. The minimum atomic E-state index is 0.216. The Balaban J connectivity index is 1.67. The summed E-state index contributed by atoms with van der Waals surface area (Å²) in [6, 6.07) is 0. The van der Waals surface area contributed by atoms with Crippen LogP contribution in [-0.4, -0.2) is 43.5 Å². The Morgan fingerprint density at radius 2 is 1.95 bits per heavy atom. The first kappa shape index (κ1) is 15.8. The minimum Gasteiger partial charge on any atom is -0.356 e. The number of rotatable bonds is 5. The van der Waals surface area contributed by atoms with Crippen molar-refractivity contribution in [3.05, 3.63) is 0 Å². The monoisotopic (exact) mass is 281 g/mol. The Hall–Kier alpha value is -0.610. The van der Waals surface area contributed by atoms with Gasteiger partial charge in [0.2, 0.25) is 5.91 Å². The zero-order valence-corrected chi connectivity index (χ0v) is 12.9. The quantitative estimate of drug-likeness (QED) is 0.805. The number of hydrogen-bond acceptors (Lipinski definition) is 3. The molecule has 1 heterocycles. The van der Waals surface area contributed by atoms with Gasteiger partial charge < -0.3 is 16.0 Å². The Bertz CT molecular complexity index is 300. The van der Waals surface area contributed by atoms with E-state index in [0.29, 0.717) is 11.8 Å². The van der Waals surface area contributed by atoms with Gasteiger partial charge in [-0.25, -0.2) is 0 Å². The molecule has 116 valence electrons. The second-order valence-corrected chi connectivity index (χ2v) is 6.59. The first-order chi connectivity index (χ1) is 9.72. The van der Waals surface area contributed by atoms with Crippen molar-refractivity contribution in [1.82, 2.24) is 10.2 Å². The van der Waals surface area contributed by atoms with Crippen molar-refractivity contribution in [1.29, 1.82) is 0 Å². The van der Waals surface area contributed by atoms with Crippen molar-refractivity contribution >= 4 is 5.91 Å². The third-order valence-corrected chi connectivity index (χ3v) is 5.21. The maximum absolute atomic E-state index is 12.3. The number of piperidine rings is 1. The fourth-order valence-electron chi connectivity index (χ4n) is 3.64. The molecule has 0 spiro atoms. The van der Waals surface area contributed by atoms with E-state index in [9.17, 15) is 4.79 Å². The number of hydrogen-bond donors (Lipinski definition) is 2. The molecule has 3 N–H and O–H groups in total. The molecule has 0 aromatic carbocycles. The SMILES string of the molecule is CCN1CCC(CNC(=O)C2CCCC(CN)C2)CC1. The molecule has 1 saturated carbocycles. The molecule has 1 saturated heterocycles. The number of likely N-dealkylation sites (tertiary alicyclic amines) is 1. The Morgan fingerprint density at radius 3 is 2.60 bits per heavy atom. The number of nitrogens with zero attached hydrogens (tertiary/aromatic N) is 1. The summed E-state index contributed by atoms with van der Waals surface area (Å²) in [5.74, 6) is 1.73. The van der Waals surface area contributed by atoms with Crippen LogP contribution in [0.15, 0.2) is 0 Å². The molecule has 2 atom stereocenters. The highest BCUT2D eigenvalue weighted by atomic mass is 16.1. The van der Waals surface area contributed by atoms with Crippen molar-refractivity contribution in [2.75, 3.05) is 32.7 Å². The lowest BCUT2D eigenvalue weighted by atomic mass is 9.81. The number of amides is 1. The average molecular weight is 281 g/mol. The van der Waals surface area contributed by atoms with Gasteiger partial charge in [-0.05, 0) is 70.1 Å². The van der Waals surface area contributed by atoms with Crippen LogP contribution in [0.5, 0.6) is 0 Å². The van der Waals surface area contributed by atoms with Gasteiger partial charge >= 0.3 is 0 Å². The number of carbonyl (C=O) groups is 1. The lowest BCUT2D eigenvalue weighted by Crippen LogP contribution is -2.41. The molecule has 0 aromatic heterocycles. The van der Waals surface area contributed by atoms with Gasteiger partial charge in [-0.2, -0.15) is 0 Å². The highest BCUT2D eigenvalue weighted by Crippen LogP contribution is 2.28. The maximum Gasteiger partial charge on any atom is 0.223 e. The molecule has 4 heteroatoms. The Kier molecular flexibility index (Phi) is 6.30. The molecule has 2 aliphatic rings. The first-order valence-electron chi connectivity index (χ1n) is 8.43. The van der Waals surface area contributed by atoms with E-state index in [4.69, 9.17) is 5.73 Å². The lowest BCUT2D eigenvalue weighted by Gasteiger charge is -2.32. The van der Waals surface area contributed by atoms with Crippen LogP contribution in [0.25, 0.3) is 0 Å². The smallest absolute Gasteiger partial charge is 0.223 e. The Morgan fingerprint density at radius 1 is 1.20 bits per heavy atom. The second-order valence-electron chi connectivity index (χ2n) is 6.59. The third-order valence-electron chi connectivity index (χ3n) is 5.21. The predicted octanol–water partition coefficient (Wildman–Crippen LogP) is 1.60. The maximum atomic E-state index is 12.3. The summed E-state index contributed by atoms with van der Waals surface area (Å²) < 4.78 is 0. The van der Waals surface area contributed by atoms with E-state index in [1.807, 2.05) is 0 Å². The molecule has 0 bridgehead atoms. The summed E-state index contributed by atoms with van der Waals surface area (Å²) in [4.78, 5) is 14.8. The van der Waals surface area contributed by atoms with Gasteiger partial charge in [0.1, 0.15) is 0 Å². The van der Waals surface area contributed by atoms with E-state index in [1.165, 1.54) is 32.4 Å². The average Bonchev–Trinajstić information content (AvgIpc) is 2.53. The van der Waals surface area contributed by atoms with Crippen LogP contribution < -0.4 is 11.1 Å². The van der Waals surface area contributed by atoms with E-state index in [1.54, 1.807) is 0 Å². The summed E-state index contributed by atoms with van der Waals surface area (Å²) in [6.45, 7) is 7.37. The van der Waals surface area contributed by atoms with E-state index in [-0.39, 0.29) is 11.8 Å². The van der Waals surface area contributed by atoms with Crippen LogP contribution in [0.1, 0.15) is 45.4 Å². The van der Waals surface area contributed by atoms with Gasteiger partial charge in [-0.3, -0.25) is 4.79 Å². The van der Waals surface area contributed by atoms with Crippen LogP contribution in [0.3, 0.4) is 0 Å². The molecule has 2 fully saturated rings. The third kappa shape index (κ3) is 4.45. The zero-order chi connectivity index (χ0) is 14.4. The summed E-state index contributed by atoms with van der Waals surface area (Å²) >= 11 is 0. The summed E-state index contributed by atoms with van der Waals surface area (Å²) in [7, 11) is 0. The lowest BCUT2D eigenvalue weighted by molar-refractivity contribution is -0.126. The van der Waals surface area contributed by atoms with Crippen LogP contribution in [0, 0.1) is 17.8 Å². The normalized spacial score (nSPS) is 29.3. The summed E-state index contributed by atoms with van der Waals surface area (Å²) in [5.41, 5.74) is 5.75. The highest BCUT2D eigenvalue weighted by molar-refractivity contribution is 5.78. The standard InChI is InChI=1S/C16H31N3O/c1-2-19-8-6-13(7-9-19)12-18-16(20)15-5-3-4-14(10-15)11-17/h13-15H,2-12,17H2,1H3,(H,18,20). The minimum absolute atomic E-state index is 0.216. The number of nitrogens with two attached hydrogens (primary N) is 1. The van der Waals surface area contributed by atoms with Crippen LogP contribution >= 0.6 is 0 Å². The summed E-state index contributed by atoms with van der Waals surface area (Å²) in [6.07, 6.45) is 6.87. The van der Waals surface area contributed by atoms with Gasteiger partial charge in [0, 0.05) is 12.5 Å². The molecule has 1 aliphatic heterocycles. The van der Waals surface area contributed by atoms with Crippen LogP contribution in [0.2, 0.25) is 0 Å². The predicted molar refractivity (Wildman–Crippen MR) is 82.4 cm³/mol. The largest absolute Gasteiger partial charge is 0.356 e. The molecular formula is C16H31N3O. The number of carbonyl (C=O) groups excluding carboxylic acids is 1. The van der Waals surface area contributed by atoms with Crippen molar-refractivity contribution in [2.24, 2.45) is 23.5 Å². The van der Waals surface area contributed by atoms with Gasteiger partial charge in [-0.1, -0.05) is 13.3 Å². The van der Waals surface area contributed by atoms with Crippen molar-refractivity contribution in [3.8, 4) is 0 Å². The molecule has 0 radical (unpaired) electrons. The van der Waals surface area contributed by atoms with Gasteiger partial charge in [-0.15, -0.1) is 0 Å². The second kappa shape index (κ2) is 7.99. The molecule has 0 aromatic rings. The van der Waals surface area contributed by atoms with E-state index < -0.39 is 0 Å².